The Labute approximate surface area is 100 Å². The normalized spacial score (nSPS) is 51.0. The maximum atomic E-state index is 6.30. The molecule has 0 aromatic heterocycles. The fourth-order valence-electron chi connectivity index (χ4n) is 6.10. The molecule has 1 nitrogen and oxygen atoms in total. The van der Waals surface area contributed by atoms with E-state index in [9.17, 15) is 0 Å². The van der Waals surface area contributed by atoms with Crippen LogP contribution in [0.5, 0.6) is 0 Å². The van der Waals surface area contributed by atoms with Gasteiger partial charge in [0.25, 0.3) is 0 Å². The molecule has 0 saturated heterocycles. The predicted molar refractivity (Wildman–Crippen MR) is 68.1 cm³/mol. The van der Waals surface area contributed by atoms with Gasteiger partial charge in [0, 0.05) is 5.54 Å². The molecule has 2 atom stereocenters. The maximum absolute atomic E-state index is 6.30. The van der Waals surface area contributed by atoms with Crippen LogP contribution >= 0.6 is 0 Å². The van der Waals surface area contributed by atoms with Crippen molar-refractivity contribution in [3.63, 3.8) is 0 Å². The predicted octanol–water partition coefficient (Wildman–Crippen LogP) is 3.72. The highest BCUT2D eigenvalue weighted by Crippen LogP contribution is 2.66. The Morgan fingerprint density at radius 3 is 2.12 bits per heavy atom. The smallest absolute Gasteiger partial charge is 0.0102 e. The van der Waals surface area contributed by atoms with Gasteiger partial charge in [0.05, 0.1) is 0 Å². The Kier molecular flexibility index (Phi) is 2.11. The average Bonchev–Trinajstić information content (AvgIpc) is 1.91. The third-order valence-corrected chi connectivity index (χ3v) is 5.31. The molecule has 4 aliphatic carbocycles. The van der Waals surface area contributed by atoms with E-state index in [4.69, 9.17) is 5.73 Å². The van der Waals surface area contributed by atoms with Crippen molar-refractivity contribution < 1.29 is 0 Å². The summed E-state index contributed by atoms with van der Waals surface area (Å²) in [7, 11) is 0. The van der Waals surface area contributed by atoms with E-state index in [1.54, 1.807) is 0 Å². The van der Waals surface area contributed by atoms with Crippen molar-refractivity contribution in [1.29, 1.82) is 0 Å². The molecule has 2 N–H and O–H groups in total. The van der Waals surface area contributed by atoms with Gasteiger partial charge in [0.15, 0.2) is 0 Å². The SMILES string of the molecule is CC(C)(N)CC12CC3CC(CC(C)(C3)C1)C2. The van der Waals surface area contributed by atoms with Gasteiger partial charge >= 0.3 is 0 Å². The second-order valence-corrected chi connectivity index (χ2v) is 8.44. The van der Waals surface area contributed by atoms with E-state index in [0.29, 0.717) is 10.8 Å². The molecule has 0 heterocycles. The third-order valence-electron chi connectivity index (χ3n) is 5.31. The van der Waals surface area contributed by atoms with E-state index in [1.165, 1.54) is 44.9 Å². The Balaban J connectivity index is 1.86. The summed E-state index contributed by atoms with van der Waals surface area (Å²) in [5.74, 6) is 2.07. The van der Waals surface area contributed by atoms with E-state index >= 15 is 0 Å². The molecular formula is C15H27N. The van der Waals surface area contributed by atoms with Crippen molar-refractivity contribution in [3.05, 3.63) is 0 Å². The van der Waals surface area contributed by atoms with Gasteiger partial charge in [0.2, 0.25) is 0 Å². The molecule has 4 aliphatic rings. The van der Waals surface area contributed by atoms with Gasteiger partial charge < -0.3 is 5.73 Å². The molecule has 4 rings (SSSR count). The first-order chi connectivity index (χ1) is 7.28. The van der Waals surface area contributed by atoms with Gasteiger partial charge in [-0.3, -0.25) is 0 Å². The highest BCUT2D eigenvalue weighted by molar-refractivity contribution is 5.07. The van der Waals surface area contributed by atoms with E-state index in [0.717, 1.165) is 11.8 Å². The Bertz CT molecular complexity index is 281. The first kappa shape index (κ1) is 11.1. The van der Waals surface area contributed by atoms with Gasteiger partial charge in [-0.1, -0.05) is 6.92 Å². The molecule has 1 heteroatoms. The largest absolute Gasteiger partial charge is 0.326 e. The quantitative estimate of drug-likeness (QED) is 0.755. The van der Waals surface area contributed by atoms with Crippen LogP contribution in [0.2, 0.25) is 0 Å². The van der Waals surface area contributed by atoms with Crippen LogP contribution in [0.1, 0.15) is 65.7 Å². The lowest BCUT2D eigenvalue weighted by molar-refractivity contribution is -0.111. The van der Waals surface area contributed by atoms with Crippen molar-refractivity contribution in [1.82, 2.24) is 0 Å². The van der Waals surface area contributed by atoms with Gasteiger partial charge in [-0.25, -0.2) is 0 Å². The fraction of sp³-hybridized carbons (Fsp3) is 1.00. The van der Waals surface area contributed by atoms with Gasteiger partial charge in [0.1, 0.15) is 0 Å². The van der Waals surface area contributed by atoms with E-state index < -0.39 is 0 Å². The molecule has 0 aliphatic heterocycles. The van der Waals surface area contributed by atoms with Crippen LogP contribution in [0.4, 0.5) is 0 Å². The van der Waals surface area contributed by atoms with Crippen LogP contribution in [0.25, 0.3) is 0 Å². The number of rotatable bonds is 2. The second-order valence-electron chi connectivity index (χ2n) is 8.44. The van der Waals surface area contributed by atoms with Crippen molar-refractivity contribution in [2.24, 2.45) is 28.4 Å². The summed E-state index contributed by atoms with van der Waals surface area (Å²) in [5, 5.41) is 0. The highest BCUT2D eigenvalue weighted by atomic mass is 14.7. The minimum absolute atomic E-state index is 0.0298. The zero-order chi connectivity index (χ0) is 11.6. The maximum Gasteiger partial charge on any atom is 0.0102 e. The Morgan fingerprint density at radius 2 is 1.69 bits per heavy atom. The number of hydrogen-bond donors (Lipinski definition) is 1. The molecule has 4 saturated carbocycles. The lowest BCUT2D eigenvalue weighted by Crippen LogP contribution is -2.53. The molecule has 0 aromatic carbocycles. The van der Waals surface area contributed by atoms with Gasteiger partial charge in [-0.15, -0.1) is 0 Å². The average molecular weight is 221 g/mol. The van der Waals surface area contributed by atoms with Crippen LogP contribution in [0.15, 0.2) is 0 Å². The molecule has 2 unspecified atom stereocenters. The van der Waals surface area contributed by atoms with Crippen molar-refractivity contribution in [3.8, 4) is 0 Å². The lowest BCUT2D eigenvalue weighted by Gasteiger charge is -2.62. The molecule has 0 radical (unpaired) electrons. The number of hydrogen-bond acceptors (Lipinski definition) is 1. The van der Waals surface area contributed by atoms with Crippen LogP contribution in [0.3, 0.4) is 0 Å². The van der Waals surface area contributed by atoms with Crippen LogP contribution in [0, 0.1) is 22.7 Å². The summed E-state index contributed by atoms with van der Waals surface area (Å²) >= 11 is 0. The van der Waals surface area contributed by atoms with Gasteiger partial charge in [-0.05, 0) is 81.5 Å². The molecule has 92 valence electrons. The lowest BCUT2D eigenvalue weighted by atomic mass is 9.43. The van der Waals surface area contributed by atoms with Crippen LogP contribution in [-0.4, -0.2) is 5.54 Å². The first-order valence-corrected chi connectivity index (χ1v) is 7.07. The molecule has 4 fully saturated rings. The van der Waals surface area contributed by atoms with Crippen LogP contribution in [-0.2, 0) is 0 Å². The number of nitrogens with two attached hydrogens (primary N) is 1. The van der Waals surface area contributed by atoms with E-state index in [2.05, 4.69) is 20.8 Å². The zero-order valence-electron chi connectivity index (χ0n) is 11.2. The molecule has 4 bridgehead atoms. The zero-order valence-corrected chi connectivity index (χ0v) is 11.2. The summed E-state index contributed by atoms with van der Waals surface area (Å²) in [6.45, 7) is 6.98. The minimum atomic E-state index is 0.0298. The van der Waals surface area contributed by atoms with E-state index in [-0.39, 0.29) is 5.54 Å². The Hall–Kier alpha value is -0.0400. The summed E-state index contributed by atoms with van der Waals surface area (Å²) in [6, 6.07) is 0. The van der Waals surface area contributed by atoms with E-state index in [1.807, 2.05) is 0 Å². The molecule has 16 heavy (non-hydrogen) atoms. The third kappa shape index (κ3) is 1.81. The summed E-state index contributed by atoms with van der Waals surface area (Å²) in [4.78, 5) is 0. The molecule has 0 spiro atoms. The summed E-state index contributed by atoms with van der Waals surface area (Å²) in [5.41, 5.74) is 7.63. The standard InChI is InChI=1S/C15H27N/c1-13(2,16)9-15-7-11-4-12(8-15)6-14(3,5-11)10-15/h11-12H,4-10,16H2,1-3H3. The van der Waals surface area contributed by atoms with Gasteiger partial charge in [-0.2, -0.15) is 0 Å². The van der Waals surface area contributed by atoms with Crippen molar-refractivity contribution >= 4 is 0 Å². The fourth-order valence-corrected chi connectivity index (χ4v) is 6.10. The Morgan fingerprint density at radius 1 is 1.12 bits per heavy atom. The van der Waals surface area contributed by atoms with Crippen molar-refractivity contribution in [2.75, 3.05) is 0 Å². The molecule has 0 amide bonds. The summed E-state index contributed by atoms with van der Waals surface area (Å²) in [6.07, 6.45) is 10.2. The minimum Gasteiger partial charge on any atom is -0.326 e. The van der Waals surface area contributed by atoms with Crippen molar-refractivity contribution in [2.45, 2.75) is 71.3 Å². The first-order valence-electron chi connectivity index (χ1n) is 7.07. The second kappa shape index (κ2) is 3.04. The highest BCUT2D eigenvalue weighted by Gasteiger charge is 2.56. The summed E-state index contributed by atoms with van der Waals surface area (Å²) < 4.78 is 0. The molecule has 0 aromatic rings. The van der Waals surface area contributed by atoms with Crippen LogP contribution < -0.4 is 5.73 Å². The monoisotopic (exact) mass is 221 g/mol. The topological polar surface area (TPSA) is 26.0 Å². The molecular weight excluding hydrogens is 194 g/mol.